The lowest BCUT2D eigenvalue weighted by atomic mass is 9.95. The van der Waals surface area contributed by atoms with Gasteiger partial charge in [-0.15, -0.1) is 0 Å². The molecule has 0 aromatic heterocycles. The summed E-state index contributed by atoms with van der Waals surface area (Å²) in [6.45, 7) is 3.02. The van der Waals surface area contributed by atoms with Crippen LogP contribution in [0, 0.1) is 5.92 Å². The van der Waals surface area contributed by atoms with E-state index in [9.17, 15) is 0 Å². The molecule has 1 unspecified atom stereocenters. The second kappa shape index (κ2) is 13.5. The molecule has 0 saturated carbocycles. The molecule has 4 heteroatoms. The first kappa shape index (κ1) is 20.8. The molecule has 0 saturated heterocycles. The van der Waals surface area contributed by atoms with Crippen molar-refractivity contribution in [3.63, 3.8) is 0 Å². The minimum atomic E-state index is -1.10. The summed E-state index contributed by atoms with van der Waals surface area (Å²) in [5.74, 6) is 0.205. The zero-order chi connectivity index (χ0) is 15.3. The lowest BCUT2D eigenvalue weighted by Crippen LogP contribution is -2.19. The zero-order valence-electron chi connectivity index (χ0n) is 13.0. The lowest BCUT2D eigenvalue weighted by Gasteiger charge is -2.24. The fraction of sp³-hybridized carbons (Fsp3) is 1.00. The smallest absolute Gasteiger partial charge is 0.193 e. The maximum absolute atomic E-state index is 6.11. The average Bonchev–Trinajstić information content (AvgIpc) is 2.38. The molecule has 0 aliphatic rings. The number of hydrogen-bond donors (Lipinski definition) is 1. The Balaban J connectivity index is 3.75. The third-order valence-corrected chi connectivity index (χ3v) is 4.80. The largest absolute Gasteiger partial charge is 0.330 e. The van der Waals surface area contributed by atoms with Crippen molar-refractivity contribution in [2.45, 2.75) is 87.8 Å². The van der Waals surface area contributed by atoms with E-state index < -0.39 is 3.79 Å². The van der Waals surface area contributed by atoms with Crippen molar-refractivity contribution >= 4 is 34.8 Å². The molecule has 20 heavy (non-hydrogen) atoms. The Kier molecular flexibility index (Phi) is 14.0. The van der Waals surface area contributed by atoms with Gasteiger partial charge in [0.2, 0.25) is 0 Å². The highest BCUT2D eigenvalue weighted by atomic mass is 35.6. The van der Waals surface area contributed by atoms with Gasteiger partial charge in [-0.2, -0.15) is 0 Å². The highest BCUT2D eigenvalue weighted by molar-refractivity contribution is 6.67. The third-order valence-electron chi connectivity index (χ3n) is 3.88. The standard InChI is InChI=1S/C16H32Cl3N/c1-2-3-4-5-6-9-12-15(16(17,18)19)13-10-7-8-11-14-20/h15H,2-14,20H2,1H3. The van der Waals surface area contributed by atoms with Crippen LogP contribution in [0.1, 0.15) is 84.0 Å². The van der Waals surface area contributed by atoms with Crippen LogP contribution >= 0.6 is 34.8 Å². The van der Waals surface area contributed by atoms with E-state index in [2.05, 4.69) is 6.92 Å². The molecule has 0 radical (unpaired) electrons. The molecule has 2 N–H and O–H groups in total. The molecule has 0 bridgehead atoms. The Bertz CT molecular complexity index is 204. The first-order chi connectivity index (χ1) is 9.52. The molecule has 0 aromatic rings. The number of halogens is 3. The molecule has 0 rings (SSSR count). The molecular weight excluding hydrogens is 313 g/mol. The van der Waals surface area contributed by atoms with Gasteiger partial charge in [-0.3, -0.25) is 0 Å². The number of nitrogens with two attached hydrogens (primary N) is 1. The second-order valence-corrected chi connectivity index (χ2v) is 8.16. The van der Waals surface area contributed by atoms with Crippen molar-refractivity contribution in [3.05, 3.63) is 0 Å². The maximum atomic E-state index is 6.11. The Hall–Kier alpha value is 0.830. The van der Waals surface area contributed by atoms with Crippen LogP contribution in [-0.4, -0.2) is 10.3 Å². The van der Waals surface area contributed by atoms with E-state index in [1.165, 1.54) is 51.4 Å². The Labute approximate surface area is 140 Å². The second-order valence-electron chi connectivity index (χ2n) is 5.79. The van der Waals surface area contributed by atoms with Crippen molar-refractivity contribution in [3.8, 4) is 0 Å². The van der Waals surface area contributed by atoms with E-state index in [0.29, 0.717) is 0 Å². The summed E-state index contributed by atoms with van der Waals surface area (Å²) in [6.07, 6.45) is 14.5. The van der Waals surface area contributed by atoms with Crippen LogP contribution < -0.4 is 5.73 Å². The number of alkyl halides is 3. The van der Waals surface area contributed by atoms with Gasteiger partial charge in [0.25, 0.3) is 0 Å². The fourth-order valence-corrected chi connectivity index (χ4v) is 3.19. The van der Waals surface area contributed by atoms with E-state index >= 15 is 0 Å². The molecule has 0 spiro atoms. The summed E-state index contributed by atoms with van der Waals surface area (Å²) in [4.78, 5) is 0. The summed E-state index contributed by atoms with van der Waals surface area (Å²) < 4.78 is -1.10. The van der Waals surface area contributed by atoms with Gasteiger partial charge in [-0.25, -0.2) is 0 Å². The highest BCUT2D eigenvalue weighted by Crippen LogP contribution is 2.40. The Morgan fingerprint density at radius 1 is 0.750 bits per heavy atom. The maximum Gasteiger partial charge on any atom is 0.193 e. The van der Waals surface area contributed by atoms with Gasteiger partial charge in [0.15, 0.2) is 3.79 Å². The Morgan fingerprint density at radius 2 is 1.20 bits per heavy atom. The summed E-state index contributed by atoms with van der Waals surface area (Å²) in [6, 6.07) is 0. The Morgan fingerprint density at radius 3 is 1.65 bits per heavy atom. The van der Waals surface area contributed by atoms with E-state index in [1.807, 2.05) is 0 Å². The van der Waals surface area contributed by atoms with Crippen LogP contribution in [0.3, 0.4) is 0 Å². The SMILES string of the molecule is CCCCCCCCC(CCCCCCN)C(Cl)(Cl)Cl. The molecule has 0 aliphatic heterocycles. The average molecular weight is 345 g/mol. The highest BCUT2D eigenvalue weighted by Gasteiger charge is 2.31. The van der Waals surface area contributed by atoms with Gasteiger partial charge in [0.1, 0.15) is 0 Å². The van der Waals surface area contributed by atoms with E-state index in [0.717, 1.165) is 32.2 Å². The van der Waals surface area contributed by atoms with Gasteiger partial charge in [-0.05, 0) is 25.8 Å². The van der Waals surface area contributed by atoms with E-state index in [4.69, 9.17) is 40.5 Å². The molecule has 1 atom stereocenters. The minimum absolute atomic E-state index is 0.205. The van der Waals surface area contributed by atoms with Crippen molar-refractivity contribution < 1.29 is 0 Å². The first-order valence-electron chi connectivity index (χ1n) is 8.29. The van der Waals surface area contributed by atoms with Gasteiger partial charge in [0, 0.05) is 5.92 Å². The summed E-state index contributed by atoms with van der Waals surface area (Å²) in [7, 11) is 0. The van der Waals surface area contributed by atoms with Gasteiger partial charge >= 0.3 is 0 Å². The van der Waals surface area contributed by atoms with Gasteiger partial charge < -0.3 is 5.73 Å². The van der Waals surface area contributed by atoms with E-state index in [1.54, 1.807) is 0 Å². The molecule has 0 aromatic carbocycles. The van der Waals surface area contributed by atoms with Crippen LogP contribution in [-0.2, 0) is 0 Å². The fourth-order valence-electron chi connectivity index (χ4n) is 2.53. The molecule has 0 fully saturated rings. The topological polar surface area (TPSA) is 26.0 Å². The summed E-state index contributed by atoms with van der Waals surface area (Å²) in [5, 5.41) is 0. The zero-order valence-corrected chi connectivity index (χ0v) is 15.2. The first-order valence-corrected chi connectivity index (χ1v) is 9.42. The van der Waals surface area contributed by atoms with Crippen molar-refractivity contribution in [2.75, 3.05) is 6.54 Å². The quantitative estimate of drug-likeness (QED) is 0.294. The predicted octanol–water partition coefficient (Wildman–Crippen LogP) is 6.63. The van der Waals surface area contributed by atoms with Crippen LogP contribution in [0.25, 0.3) is 0 Å². The van der Waals surface area contributed by atoms with Crippen LogP contribution in [0.2, 0.25) is 0 Å². The molecule has 0 amide bonds. The third kappa shape index (κ3) is 12.6. The predicted molar refractivity (Wildman–Crippen MR) is 93.9 cm³/mol. The van der Waals surface area contributed by atoms with Crippen molar-refractivity contribution in [1.29, 1.82) is 0 Å². The van der Waals surface area contributed by atoms with Gasteiger partial charge in [0.05, 0.1) is 0 Å². The molecule has 122 valence electrons. The number of hydrogen-bond acceptors (Lipinski definition) is 1. The number of unbranched alkanes of at least 4 members (excludes halogenated alkanes) is 8. The molecule has 0 aliphatic carbocycles. The summed E-state index contributed by atoms with van der Waals surface area (Å²) in [5.41, 5.74) is 5.49. The van der Waals surface area contributed by atoms with Crippen molar-refractivity contribution in [1.82, 2.24) is 0 Å². The molecule has 0 heterocycles. The molecular formula is C16H32Cl3N. The lowest BCUT2D eigenvalue weighted by molar-refractivity contribution is 0.409. The van der Waals surface area contributed by atoms with Crippen molar-refractivity contribution in [2.24, 2.45) is 11.7 Å². The number of rotatable bonds is 13. The minimum Gasteiger partial charge on any atom is -0.330 e. The van der Waals surface area contributed by atoms with Crippen LogP contribution in [0.15, 0.2) is 0 Å². The van der Waals surface area contributed by atoms with Crippen LogP contribution in [0.5, 0.6) is 0 Å². The van der Waals surface area contributed by atoms with Crippen LogP contribution in [0.4, 0.5) is 0 Å². The monoisotopic (exact) mass is 343 g/mol. The summed E-state index contributed by atoms with van der Waals surface area (Å²) >= 11 is 18.3. The normalized spacial score (nSPS) is 13.7. The van der Waals surface area contributed by atoms with Gasteiger partial charge in [-0.1, -0.05) is 99.5 Å². The molecule has 1 nitrogen and oxygen atoms in total. The van der Waals surface area contributed by atoms with E-state index in [-0.39, 0.29) is 5.92 Å².